The molecule has 0 bridgehead atoms. The van der Waals surface area contributed by atoms with Gasteiger partial charge in [-0.05, 0) is 138 Å². The molecular formula is C52H52F2N10O5. The van der Waals surface area contributed by atoms with E-state index < -0.39 is 34.3 Å². The summed E-state index contributed by atoms with van der Waals surface area (Å²) in [7, 11) is 1.72. The van der Waals surface area contributed by atoms with Crippen LogP contribution in [0, 0.1) is 31.4 Å². The lowest BCUT2D eigenvalue weighted by atomic mass is 9.61. The van der Waals surface area contributed by atoms with E-state index in [1.807, 2.05) is 22.5 Å². The largest absolute Gasteiger partial charge is 0.438 e. The molecule has 0 radical (unpaired) electrons. The first-order chi connectivity index (χ1) is 32.9. The molecule has 2 saturated carbocycles. The standard InChI is InChI=1S/C52H52F2N10O5/c1-27-21-51(22-27)26-62(46(65)40-20-34-19-32(33-13-16-68-50(6,7)24-33)9-10-37(34)63(40)52(23-30(52)4)47-56-48(66)69-58-47)31(5)41-44(51)57-64(35-17-28(2)42(53)29(3)18-35)45(41)61-15-14-60(49(61)67)39-12-11-38-36(43(39)54)25-55-59(38)8/h9-12,14-15,17-20,25,30-31,33H,1,13,16,21-24,26H2,2-8H3,(H,56,58,66)/t30-,31-,33-,52-/m0/s1. The van der Waals surface area contributed by atoms with Crippen LogP contribution in [-0.2, 0) is 22.7 Å². The zero-order valence-electron chi connectivity index (χ0n) is 39.6. The predicted octanol–water partition coefficient (Wildman–Crippen LogP) is 8.49. The summed E-state index contributed by atoms with van der Waals surface area (Å²) in [4.78, 5) is 48.2. The van der Waals surface area contributed by atoms with Crippen LogP contribution in [0.3, 0.4) is 0 Å². The normalized spacial score (nSPS) is 22.7. The Hall–Kier alpha value is -7.14. The van der Waals surface area contributed by atoms with E-state index in [1.54, 1.807) is 60.7 Å². The Labute approximate surface area is 394 Å². The molecule has 3 aromatic carbocycles. The molecule has 1 amide bonds. The van der Waals surface area contributed by atoms with Crippen molar-refractivity contribution in [2.24, 2.45) is 13.0 Å². The van der Waals surface area contributed by atoms with Crippen molar-refractivity contribution < 1.29 is 22.8 Å². The van der Waals surface area contributed by atoms with Gasteiger partial charge in [0.05, 0.1) is 45.8 Å². The van der Waals surface area contributed by atoms with Crippen LogP contribution < -0.4 is 11.4 Å². The van der Waals surface area contributed by atoms with Gasteiger partial charge in [-0.3, -0.25) is 28.1 Å². The number of aromatic nitrogens is 9. The highest BCUT2D eigenvalue weighted by atomic mass is 19.1. The van der Waals surface area contributed by atoms with Crippen LogP contribution in [-0.4, -0.2) is 73.0 Å². The summed E-state index contributed by atoms with van der Waals surface area (Å²) < 4.78 is 50.8. The van der Waals surface area contributed by atoms with E-state index in [2.05, 4.69) is 60.8 Å². The molecule has 3 fully saturated rings. The Bertz CT molecular complexity index is 3610. The van der Waals surface area contributed by atoms with Crippen molar-refractivity contribution in [3.8, 4) is 17.2 Å². The van der Waals surface area contributed by atoms with E-state index in [0.29, 0.717) is 76.8 Å². The number of carbonyl (C=O) groups is 1. The van der Waals surface area contributed by atoms with E-state index in [4.69, 9.17) is 14.4 Å². The maximum absolute atomic E-state index is 16.3. The molecule has 2 aliphatic heterocycles. The number of rotatable bonds is 7. The number of halogens is 2. The average molecular weight is 935 g/mol. The first kappa shape index (κ1) is 43.2. The molecule has 5 aromatic heterocycles. The zero-order valence-corrected chi connectivity index (χ0v) is 39.6. The number of aryl methyl sites for hydroxylation is 3. The number of allylic oxidation sites excluding steroid dienone is 1. The number of hydrogen-bond acceptors (Lipinski definition) is 8. The topological polar surface area (TPSA) is 156 Å². The lowest BCUT2D eigenvalue weighted by molar-refractivity contribution is -0.0592. The predicted molar refractivity (Wildman–Crippen MR) is 254 cm³/mol. The van der Waals surface area contributed by atoms with Crippen molar-refractivity contribution in [2.45, 2.75) is 102 Å². The first-order valence-corrected chi connectivity index (χ1v) is 23.5. The maximum Gasteiger partial charge on any atom is 0.438 e. The third-order valence-corrected chi connectivity index (χ3v) is 15.7. The first-order valence-electron chi connectivity index (χ1n) is 23.5. The average Bonchev–Trinajstić information content (AvgIpc) is 3.94. The number of benzene rings is 3. The second-order valence-corrected chi connectivity index (χ2v) is 20.8. The molecule has 1 spiro atoms. The molecule has 17 heteroatoms. The van der Waals surface area contributed by atoms with Gasteiger partial charge in [-0.2, -0.15) is 10.2 Å². The van der Waals surface area contributed by atoms with Crippen molar-refractivity contribution >= 4 is 27.7 Å². The van der Waals surface area contributed by atoms with Gasteiger partial charge in [-0.15, -0.1) is 0 Å². The zero-order chi connectivity index (χ0) is 48.2. The summed E-state index contributed by atoms with van der Waals surface area (Å²) >= 11 is 0. The SMILES string of the molecule is C=C1CC2(C1)CN(C(=O)c1cc3cc([C@H]4CCOC(C)(C)C4)ccc3n1[C@@]1(c3noc(=O)[nH]3)C[C@@H]1C)[C@@H](C)c1c2nn(-c2cc(C)c(F)c(C)c2)c1-n1ccn(-c2ccc3c(cnn3C)c2F)c1=O. The molecule has 4 aliphatic rings. The highest BCUT2D eigenvalue weighted by molar-refractivity contribution is 6.00. The summed E-state index contributed by atoms with van der Waals surface area (Å²) in [5, 5.41) is 14.9. The van der Waals surface area contributed by atoms with Gasteiger partial charge in [-0.25, -0.2) is 23.1 Å². The minimum Gasteiger partial charge on any atom is -0.376 e. The fourth-order valence-electron chi connectivity index (χ4n) is 12.2. The lowest BCUT2D eigenvalue weighted by Gasteiger charge is -2.51. The van der Waals surface area contributed by atoms with Crippen molar-refractivity contribution in [3.05, 3.63) is 151 Å². The van der Waals surface area contributed by atoms with Crippen molar-refractivity contribution in [2.75, 3.05) is 13.2 Å². The molecule has 15 nitrogen and oxygen atoms in total. The van der Waals surface area contributed by atoms with Crippen LogP contribution in [0.4, 0.5) is 8.78 Å². The molecule has 69 heavy (non-hydrogen) atoms. The van der Waals surface area contributed by atoms with Gasteiger partial charge < -0.3 is 14.2 Å². The van der Waals surface area contributed by atoms with Crippen molar-refractivity contribution in [3.63, 3.8) is 0 Å². The fourth-order valence-corrected chi connectivity index (χ4v) is 12.2. The second-order valence-electron chi connectivity index (χ2n) is 20.8. The summed E-state index contributed by atoms with van der Waals surface area (Å²) in [6.45, 7) is 16.9. The van der Waals surface area contributed by atoms with E-state index in [1.165, 1.54) is 21.5 Å². The number of imidazole rings is 1. The fraction of sp³-hybridized carbons (Fsp3) is 0.385. The number of amides is 1. The molecule has 4 atom stereocenters. The Kier molecular flexibility index (Phi) is 9.19. The van der Waals surface area contributed by atoms with Crippen molar-refractivity contribution in [1.82, 2.24) is 48.3 Å². The van der Waals surface area contributed by atoms with Gasteiger partial charge >= 0.3 is 11.4 Å². The summed E-state index contributed by atoms with van der Waals surface area (Å²) in [6.07, 6.45) is 7.93. The third-order valence-electron chi connectivity index (χ3n) is 15.7. The minimum atomic E-state index is -0.883. The number of nitrogens with one attached hydrogen (secondary N) is 1. The smallest absolute Gasteiger partial charge is 0.376 e. The van der Waals surface area contributed by atoms with E-state index in [9.17, 15) is 9.59 Å². The quantitative estimate of drug-likeness (QED) is 0.156. The molecule has 1 N–H and O–H groups in total. The van der Waals surface area contributed by atoms with Crippen molar-refractivity contribution in [1.29, 1.82) is 0 Å². The monoisotopic (exact) mass is 934 g/mol. The van der Waals surface area contributed by atoms with Crippen LogP contribution in [0.5, 0.6) is 0 Å². The van der Waals surface area contributed by atoms with E-state index in [-0.39, 0.29) is 46.8 Å². The van der Waals surface area contributed by atoms with E-state index >= 15 is 13.6 Å². The lowest BCUT2D eigenvalue weighted by Crippen LogP contribution is -2.54. The van der Waals surface area contributed by atoms with Gasteiger partial charge in [0.1, 0.15) is 22.9 Å². The number of aromatic amines is 1. The molecule has 7 heterocycles. The van der Waals surface area contributed by atoms with Gasteiger partial charge in [0, 0.05) is 54.5 Å². The number of fused-ring (bicyclic) bond motifs is 4. The number of nitrogens with zero attached hydrogens (tertiary/aromatic N) is 9. The molecular weight excluding hydrogens is 883 g/mol. The van der Waals surface area contributed by atoms with Crippen LogP contribution >= 0.6 is 0 Å². The Balaban J connectivity index is 1.05. The van der Waals surface area contributed by atoms with Crippen LogP contribution in [0.15, 0.2) is 93.4 Å². The van der Waals surface area contributed by atoms with Crippen LogP contribution in [0.25, 0.3) is 39.0 Å². The molecule has 0 unspecified atom stereocenters. The van der Waals surface area contributed by atoms with Gasteiger partial charge in [0.15, 0.2) is 11.6 Å². The summed E-state index contributed by atoms with van der Waals surface area (Å²) in [5.41, 5.74) is 4.22. The minimum absolute atomic E-state index is 0.0184. The molecule has 8 aromatic rings. The maximum atomic E-state index is 16.3. The molecule has 12 rings (SSSR count). The summed E-state index contributed by atoms with van der Waals surface area (Å²) in [6, 6.07) is 14.3. The summed E-state index contributed by atoms with van der Waals surface area (Å²) in [5.74, 6) is -0.963. The number of H-pyrrole nitrogens is 1. The molecule has 1 saturated heterocycles. The van der Waals surface area contributed by atoms with Gasteiger partial charge in [0.2, 0.25) is 0 Å². The third kappa shape index (κ3) is 6.24. The van der Waals surface area contributed by atoms with Gasteiger partial charge in [-0.1, -0.05) is 30.3 Å². The van der Waals surface area contributed by atoms with Gasteiger partial charge in [0.25, 0.3) is 5.91 Å². The highest BCUT2D eigenvalue weighted by Gasteiger charge is 2.60. The van der Waals surface area contributed by atoms with Crippen LogP contribution in [0.1, 0.15) is 116 Å². The number of hydrogen-bond donors (Lipinski definition) is 1. The highest BCUT2D eigenvalue weighted by Crippen LogP contribution is 2.58. The number of ether oxygens (including phenoxy) is 1. The Morgan fingerprint density at radius 2 is 1.67 bits per heavy atom. The molecule has 354 valence electrons. The van der Waals surface area contributed by atoms with Crippen LogP contribution in [0.2, 0.25) is 0 Å². The Morgan fingerprint density at radius 3 is 2.35 bits per heavy atom. The Morgan fingerprint density at radius 1 is 0.942 bits per heavy atom. The van der Waals surface area contributed by atoms with E-state index in [0.717, 1.165) is 34.9 Å². The second kappa shape index (κ2) is 14.7. The number of carbonyl (C=O) groups excluding carboxylic acids is 1. The molecule has 2 aliphatic carbocycles.